The molecule has 0 aliphatic carbocycles. The van der Waals surface area contributed by atoms with Crippen LogP contribution in [0, 0.1) is 0 Å². The minimum atomic E-state index is -1.22. The van der Waals surface area contributed by atoms with Gasteiger partial charge in [-0.15, -0.1) is 0 Å². The van der Waals surface area contributed by atoms with E-state index in [2.05, 4.69) is 20.9 Å². The number of nitrogens with zero attached hydrogens (tertiary/aromatic N) is 1. The van der Waals surface area contributed by atoms with Crippen LogP contribution < -0.4 is 38.9 Å². The number of carboxylic acids is 1. The van der Waals surface area contributed by atoms with Crippen LogP contribution in [0.1, 0.15) is 39.0 Å². The minimum Gasteiger partial charge on any atom is -0.480 e. The molecule has 12 N–H and O–H groups in total. The van der Waals surface area contributed by atoms with Crippen molar-refractivity contribution in [2.24, 2.45) is 27.9 Å². The fourth-order valence-electron chi connectivity index (χ4n) is 2.36. The van der Waals surface area contributed by atoms with Crippen molar-refractivity contribution in [1.29, 1.82) is 0 Å². The molecule has 0 aromatic carbocycles. The molecule has 0 saturated carbocycles. The summed E-state index contributed by atoms with van der Waals surface area (Å²) in [5, 5.41) is 16.5. The topological polar surface area (TPSA) is 241 Å². The van der Waals surface area contributed by atoms with E-state index in [1.165, 1.54) is 6.92 Å². The van der Waals surface area contributed by atoms with Crippen molar-refractivity contribution >= 4 is 29.7 Å². The second-order valence-corrected chi connectivity index (χ2v) is 6.76. The van der Waals surface area contributed by atoms with Crippen LogP contribution in [0.15, 0.2) is 4.99 Å². The van der Waals surface area contributed by atoms with E-state index in [1.807, 2.05) is 0 Å². The summed E-state index contributed by atoms with van der Waals surface area (Å²) in [6, 6.07) is -2.83. The van der Waals surface area contributed by atoms with Crippen LogP contribution >= 0.6 is 0 Å². The second-order valence-electron chi connectivity index (χ2n) is 6.76. The summed E-state index contributed by atoms with van der Waals surface area (Å²) in [6.45, 7) is 1.70. The molecule has 0 fully saturated rings. The van der Waals surface area contributed by atoms with Crippen molar-refractivity contribution < 1.29 is 24.3 Å². The zero-order valence-corrected chi connectivity index (χ0v) is 17.2. The first-order valence-electron chi connectivity index (χ1n) is 9.69. The lowest BCUT2D eigenvalue weighted by Crippen LogP contribution is -2.53. The predicted molar refractivity (Wildman–Crippen MR) is 111 cm³/mol. The molecule has 30 heavy (non-hydrogen) atoms. The van der Waals surface area contributed by atoms with Crippen molar-refractivity contribution in [2.75, 3.05) is 19.6 Å². The van der Waals surface area contributed by atoms with E-state index in [0.29, 0.717) is 32.2 Å². The normalized spacial score (nSPS) is 13.4. The Kier molecular flexibility index (Phi) is 13.5. The zero-order chi connectivity index (χ0) is 23.1. The Morgan fingerprint density at radius 2 is 1.60 bits per heavy atom. The van der Waals surface area contributed by atoms with Gasteiger partial charge in [-0.25, -0.2) is 4.79 Å². The Labute approximate surface area is 175 Å². The maximum absolute atomic E-state index is 12.4. The molecule has 0 aromatic heterocycles. The molecule has 13 nitrogen and oxygen atoms in total. The van der Waals surface area contributed by atoms with Crippen molar-refractivity contribution in [2.45, 2.75) is 57.2 Å². The van der Waals surface area contributed by atoms with E-state index in [-0.39, 0.29) is 18.9 Å². The van der Waals surface area contributed by atoms with Gasteiger partial charge in [0.1, 0.15) is 12.1 Å². The summed E-state index contributed by atoms with van der Waals surface area (Å²) in [5.41, 5.74) is 21.3. The standard InChI is InChI=1S/C17H34N8O5/c1-10(19)14(27)25-11(5-2-3-7-18)15(28)23-9-13(26)24-12(16(29)30)6-4-8-22-17(20)21/h10-12H,2-9,18-19H2,1H3,(H,23,28)(H,24,26)(H,25,27)(H,29,30)(H4,20,21,22). The molecule has 0 aliphatic heterocycles. The number of carboxylic acid groups (broad SMARTS) is 1. The first-order valence-corrected chi connectivity index (χ1v) is 9.69. The SMILES string of the molecule is CC(N)C(=O)NC(CCCCN)C(=O)NCC(=O)NC(CCCN=C(N)N)C(=O)O. The van der Waals surface area contributed by atoms with Gasteiger partial charge in [0.05, 0.1) is 12.6 Å². The number of guanidine groups is 1. The molecule has 0 rings (SSSR count). The van der Waals surface area contributed by atoms with E-state index < -0.39 is 48.4 Å². The third-order valence-electron chi connectivity index (χ3n) is 4.00. The molecule has 0 aliphatic rings. The Morgan fingerprint density at radius 3 is 2.13 bits per heavy atom. The maximum atomic E-state index is 12.4. The first-order chi connectivity index (χ1) is 14.1. The van der Waals surface area contributed by atoms with Crippen LogP contribution in [0.5, 0.6) is 0 Å². The third-order valence-corrected chi connectivity index (χ3v) is 4.00. The number of rotatable bonds is 15. The van der Waals surface area contributed by atoms with Gasteiger partial charge >= 0.3 is 5.97 Å². The largest absolute Gasteiger partial charge is 0.480 e. The van der Waals surface area contributed by atoms with Crippen molar-refractivity contribution in [3.05, 3.63) is 0 Å². The van der Waals surface area contributed by atoms with Gasteiger partial charge in [-0.2, -0.15) is 0 Å². The van der Waals surface area contributed by atoms with Crippen LogP contribution in [-0.4, -0.2) is 72.5 Å². The molecular formula is C17H34N8O5. The van der Waals surface area contributed by atoms with Gasteiger partial charge in [0.2, 0.25) is 17.7 Å². The molecule has 0 saturated heterocycles. The molecule has 0 bridgehead atoms. The highest BCUT2D eigenvalue weighted by Crippen LogP contribution is 2.02. The van der Waals surface area contributed by atoms with Gasteiger partial charge in [-0.3, -0.25) is 19.4 Å². The highest BCUT2D eigenvalue weighted by molar-refractivity contribution is 5.92. The number of nitrogens with one attached hydrogen (secondary N) is 3. The van der Waals surface area contributed by atoms with Crippen molar-refractivity contribution in [3.63, 3.8) is 0 Å². The molecule has 0 radical (unpaired) electrons. The summed E-state index contributed by atoms with van der Waals surface area (Å²) in [7, 11) is 0. The lowest BCUT2D eigenvalue weighted by Gasteiger charge is -2.20. The van der Waals surface area contributed by atoms with E-state index in [0.717, 1.165) is 0 Å². The molecule has 0 spiro atoms. The number of aliphatic imine (C=N–C) groups is 1. The number of carbonyl (C=O) groups is 4. The number of nitrogens with two attached hydrogens (primary N) is 4. The molecule has 3 atom stereocenters. The van der Waals surface area contributed by atoms with E-state index >= 15 is 0 Å². The van der Waals surface area contributed by atoms with E-state index in [4.69, 9.17) is 22.9 Å². The van der Waals surface area contributed by atoms with Crippen molar-refractivity contribution in [1.82, 2.24) is 16.0 Å². The van der Waals surface area contributed by atoms with E-state index in [1.54, 1.807) is 0 Å². The van der Waals surface area contributed by atoms with Crippen LogP contribution in [0.25, 0.3) is 0 Å². The summed E-state index contributed by atoms with van der Waals surface area (Å²) < 4.78 is 0. The van der Waals surface area contributed by atoms with Crippen LogP contribution in [0.2, 0.25) is 0 Å². The number of aliphatic carboxylic acids is 1. The molecule has 3 unspecified atom stereocenters. The lowest BCUT2D eigenvalue weighted by molar-refractivity contribution is -0.142. The molecule has 3 amide bonds. The Balaban J connectivity index is 4.66. The number of unbranched alkanes of at least 4 members (excludes halogenated alkanes) is 1. The quantitative estimate of drug-likeness (QED) is 0.0735. The second kappa shape index (κ2) is 15.0. The highest BCUT2D eigenvalue weighted by atomic mass is 16.4. The van der Waals surface area contributed by atoms with Gasteiger partial charge in [0, 0.05) is 6.54 Å². The van der Waals surface area contributed by atoms with Crippen molar-refractivity contribution in [3.8, 4) is 0 Å². The van der Waals surface area contributed by atoms with E-state index in [9.17, 15) is 24.3 Å². The fraction of sp³-hybridized carbons (Fsp3) is 0.706. The number of hydrogen-bond donors (Lipinski definition) is 8. The molecule has 0 heterocycles. The fourth-order valence-corrected chi connectivity index (χ4v) is 2.36. The summed E-state index contributed by atoms with van der Waals surface area (Å²) in [5.74, 6) is -3.08. The minimum absolute atomic E-state index is 0.106. The Morgan fingerprint density at radius 1 is 0.967 bits per heavy atom. The zero-order valence-electron chi connectivity index (χ0n) is 17.2. The van der Waals surface area contributed by atoms with Gasteiger partial charge in [-0.05, 0) is 45.6 Å². The van der Waals surface area contributed by atoms with Gasteiger partial charge < -0.3 is 44.0 Å². The van der Waals surface area contributed by atoms with Gasteiger partial charge in [-0.1, -0.05) is 0 Å². The number of carbonyl (C=O) groups excluding carboxylic acids is 3. The summed E-state index contributed by atoms with van der Waals surface area (Å²) in [6.07, 6.45) is 2.03. The van der Waals surface area contributed by atoms with Crippen LogP contribution in [0.4, 0.5) is 0 Å². The molecule has 13 heteroatoms. The van der Waals surface area contributed by atoms with Gasteiger partial charge in [0.25, 0.3) is 0 Å². The first kappa shape index (κ1) is 27.1. The lowest BCUT2D eigenvalue weighted by atomic mass is 10.1. The Hall–Kier alpha value is -2.93. The average Bonchev–Trinajstić information content (AvgIpc) is 2.67. The molecular weight excluding hydrogens is 396 g/mol. The van der Waals surface area contributed by atoms with Crippen LogP contribution in [-0.2, 0) is 19.2 Å². The van der Waals surface area contributed by atoms with Crippen LogP contribution in [0.3, 0.4) is 0 Å². The third kappa shape index (κ3) is 12.5. The highest BCUT2D eigenvalue weighted by Gasteiger charge is 2.23. The Bertz CT molecular complexity index is 607. The number of amides is 3. The maximum Gasteiger partial charge on any atom is 0.326 e. The van der Waals surface area contributed by atoms with Gasteiger partial charge in [0.15, 0.2) is 5.96 Å². The monoisotopic (exact) mass is 430 g/mol. The average molecular weight is 431 g/mol. The smallest absolute Gasteiger partial charge is 0.326 e. The molecule has 172 valence electrons. The number of hydrogen-bond acceptors (Lipinski definition) is 7. The summed E-state index contributed by atoms with van der Waals surface area (Å²) in [4.78, 5) is 51.2. The summed E-state index contributed by atoms with van der Waals surface area (Å²) >= 11 is 0. The predicted octanol–water partition coefficient (Wildman–Crippen LogP) is -3.31. The molecule has 0 aromatic rings.